The Morgan fingerprint density at radius 1 is 1.18 bits per heavy atom. The van der Waals surface area contributed by atoms with Gasteiger partial charge < -0.3 is 19.9 Å². The first-order chi connectivity index (χ1) is 14.7. The molecule has 0 radical (unpaired) electrons. The summed E-state index contributed by atoms with van der Waals surface area (Å²) in [6.45, 7) is 3.39. The monoisotopic (exact) mass is 509 g/mol. The zero-order valence-corrected chi connectivity index (χ0v) is 20.6. The summed E-state index contributed by atoms with van der Waals surface area (Å²) in [5.74, 6) is -0.893. The summed E-state index contributed by atoms with van der Waals surface area (Å²) in [6, 6.07) is 4.39. The molecule has 1 aromatic carbocycles. The van der Waals surface area contributed by atoms with Gasteiger partial charge in [0.15, 0.2) is 11.9 Å². The Balaban J connectivity index is 0.00000512. The molecule has 1 aromatic heterocycles. The Bertz CT molecular complexity index is 871. The molecular weight excluding hydrogens is 479 g/mol. The third-order valence-corrected chi connectivity index (χ3v) is 4.63. The summed E-state index contributed by atoms with van der Waals surface area (Å²) in [5.41, 5.74) is 1.04. The van der Waals surface area contributed by atoms with Crippen LogP contribution in [0.5, 0.6) is 0 Å². The van der Waals surface area contributed by atoms with Crippen LogP contribution in [-0.2, 0) is 20.9 Å². The highest BCUT2D eigenvalue weighted by Crippen LogP contribution is 2.41. The van der Waals surface area contributed by atoms with Gasteiger partial charge in [0.2, 0.25) is 0 Å². The molecule has 2 aromatic rings. The van der Waals surface area contributed by atoms with Crippen molar-refractivity contribution < 1.29 is 32.5 Å². The smallest absolute Gasteiger partial charge is 0.418 e. The van der Waals surface area contributed by atoms with E-state index in [4.69, 9.17) is 14.6 Å². The van der Waals surface area contributed by atoms with E-state index in [2.05, 4.69) is 15.3 Å². The number of rotatable bonds is 11. The Kier molecular flexibility index (Phi) is 13.4. The zero-order chi connectivity index (χ0) is 23.0. The van der Waals surface area contributed by atoms with Crippen LogP contribution in [0.25, 0.3) is 0 Å². The maximum absolute atomic E-state index is 13.7. The first-order valence-electron chi connectivity index (χ1n) is 9.80. The Morgan fingerprint density at radius 3 is 2.30 bits per heavy atom. The van der Waals surface area contributed by atoms with E-state index in [1.807, 2.05) is 6.92 Å². The minimum Gasteiger partial charge on any atom is -0.481 e. The fourth-order valence-corrected chi connectivity index (χ4v) is 3.18. The van der Waals surface area contributed by atoms with Crippen molar-refractivity contribution in [3.8, 4) is 0 Å². The molecule has 2 atom stereocenters. The maximum atomic E-state index is 13.7. The number of halogens is 3. The molecule has 12 heteroatoms. The van der Waals surface area contributed by atoms with Crippen LogP contribution in [0, 0.1) is 0 Å². The van der Waals surface area contributed by atoms with Crippen molar-refractivity contribution in [1.82, 2.24) is 9.97 Å². The number of hydrogen-bond acceptors (Lipinski definition) is 6. The van der Waals surface area contributed by atoms with E-state index in [1.165, 1.54) is 44.6 Å². The molecule has 0 spiro atoms. The van der Waals surface area contributed by atoms with Crippen LogP contribution in [0.2, 0.25) is 0 Å². The average molecular weight is 510 g/mol. The summed E-state index contributed by atoms with van der Waals surface area (Å²) < 4.78 is 51.0. The number of aromatic nitrogens is 2. The van der Waals surface area contributed by atoms with Crippen LogP contribution in [0.3, 0.4) is 0 Å². The first kappa shape index (κ1) is 31.0. The first-order valence-corrected chi connectivity index (χ1v) is 9.80. The highest BCUT2D eigenvalue weighted by atomic mass is 32.1. The molecule has 7 nitrogen and oxygen atoms in total. The predicted octanol–water partition coefficient (Wildman–Crippen LogP) is 5.20. The number of nitrogens with zero attached hydrogens (tertiary/aromatic N) is 2. The van der Waals surface area contributed by atoms with Gasteiger partial charge in [-0.05, 0) is 30.9 Å². The van der Waals surface area contributed by atoms with Gasteiger partial charge in [0.05, 0.1) is 24.5 Å². The van der Waals surface area contributed by atoms with Crippen molar-refractivity contribution in [2.75, 3.05) is 19.0 Å². The number of carboxylic acid groups (broad SMARTS) is 1. The normalized spacial score (nSPS) is 12.8. The quantitative estimate of drug-likeness (QED) is 0.430. The summed E-state index contributed by atoms with van der Waals surface area (Å²) in [7, 11) is 1.50. The minimum absolute atomic E-state index is 0. The van der Waals surface area contributed by atoms with E-state index in [0.717, 1.165) is 0 Å². The van der Waals surface area contributed by atoms with Crippen molar-refractivity contribution in [2.45, 2.75) is 51.5 Å². The summed E-state index contributed by atoms with van der Waals surface area (Å²) in [4.78, 5) is 19.4. The van der Waals surface area contributed by atoms with Gasteiger partial charge in [0, 0.05) is 25.0 Å². The highest BCUT2D eigenvalue weighted by molar-refractivity contribution is 7.59. The predicted molar refractivity (Wildman–Crippen MR) is 129 cm³/mol. The maximum Gasteiger partial charge on any atom is 0.418 e. The summed E-state index contributed by atoms with van der Waals surface area (Å²) in [6.07, 6.45) is -3.49. The molecule has 2 N–H and O–H groups in total. The van der Waals surface area contributed by atoms with Crippen molar-refractivity contribution in [3.05, 3.63) is 47.5 Å². The number of ether oxygens (including phenoxy) is 2. The van der Waals surface area contributed by atoms with E-state index in [9.17, 15) is 18.0 Å². The third kappa shape index (κ3) is 9.03. The van der Waals surface area contributed by atoms with Gasteiger partial charge >= 0.3 is 12.1 Å². The highest BCUT2D eigenvalue weighted by Gasteiger charge is 2.43. The zero-order valence-electron chi connectivity index (χ0n) is 18.6. The molecular formula is C21H30F3N3O4S2. The molecule has 2 rings (SSSR count). The molecule has 0 unspecified atom stereocenters. The fourth-order valence-electron chi connectivity index (χ4n) is 3.18. The van der Waals surface area contributed by atoms with Gasteiger partial charge in [-0.15, -0.1) is 0 Å². The largest absolute Gasteiger partial charge is 0.481 e. The van der Waals surface area contributed by atoms with Crippen molar-refractivity contribution in [2.24, 2.45) is 0 Å². The van der Waals surface area contributed by atoms with E-state index in [0.29, 0.717) is 23.5 Å². The molecule has 0 bridgehead atoms. The number of alkyl halides is 3. The lowest BCUT2D eigenvalue weighted by molar-refractivity contribution is -0.222. The van der Waals surface area contributed by atoms with Crippen LogP contribution in [0.4, 0.5) is 24.5 Å². The molecule has 0 aliphatic carbocycles. The molecule has 0 saturated carbocycles. The van der Waals surface area contributed by atoms with Crippen LogP contribution in [0.15, 0.2) is 30.6 Å². The molecule has 0 aliphatic rings. The minimum atomic E-state index is -4.63. The standard InChI is InChI=1S/C21H26F3N3O4.2H2S/c1-4-13(9-19(28)29)14-6-7-16(20(31-5-2)21(22,23)24)17(8-14)27-15-10-25-18(12-30-3)26-11-15;;/h6-8,10-11,13,20,27H,4-5,9,12H2,1-3H3,(H,28,29);2*1H2/t13-,20-;;/m0../s1. The second-order valence-corrected chi connectivity index (χ2v) is 6.87. The molecule has 186 valence electrons. The van der Waals surface area contributed by atoms with Gasteiger partial charge in [-0.1, -0.05) is 19.1 Å². The van der Waals surface area contributed by atoms with Crippen molar-refractivity contribution in [3.63, 3.8) is 0 Å². The number of carbonyl (C=O) groups is 1. The lowest BCUT2D eigenvalue weighted by atomic mass is 9.91. The molecule has 1 heterocycles. The average Bonchev–Trinajstić information content (AvgIpc) is 2.71. The topological polar surface area (TPSA) is 93.6 Å². The van der Waals surface area contributed by atoms with Crippen LogP contribution >= 0.6 is 27.0 Å². The number of methoxy groups -OCH3 is 1. The fraction of sp³-hybridized carbons (Fsp3) is 0.476. The number of carboxylic acids is 1. The van der Waals surface area contributed by atoms with Gasteiger partial charge in [-0.2, -0.15) is 40.2 Å². The van der Waals surface area contributed by atoms with Crippen LogP contribution < -0.4 is 5.32 Å². The second kappa shape index (κ2) is 14.3. The van der Waals surface area contributed by atoms with E-state index < -0.39 is 18.2 Å². The third-order valence-electron chi connectivity index (χ3n) is 4.63. The van der Waals surface area contributed by atoms with Gasteiger partial charge in [-0.25, -0.2) is 9.97 Å². The molecule has 0 fully saturated rings. The second-order valence-electron chi connectivity index (χ2n) is 6.87. The van der Waals surface area contributed by atoms with Gasteiger partial charge in [0.1, 0.15) is 6.61 Å². The number of hydrogen-bond donors (Lipinski definition) is 2. The van der Waals surface area contributed by atoms with Gasteiger partial charge in [-0.3, -0.25) is 4.79 Å². The van der Waals surface area contributed by atoms with E-state index >= 15 is 0 Å². The lowest BCUT2D eigenvalue weighted by Gasteiger charge is -2.25. The molecule has 0 saturated heterocycles. The number of aliphatic carboxylic acids is 1. The molecule has 33 heavy (non-hydrogen) atoms. The van der Waals surface area contributed by atoms with Gasteiger partial charge in [0.25, 0.3) is 0 Å². The van der Waals surface area contributed by atoms with Crippen molar-refractivity contribution in [1.29, 1.82) is 0 Å². The molecule has 0 amide bonds. The van der Waals surface area contributed by atoms with Crippen molar-refractivity contribution >= 4 is 44.3 Å². The summed E-state index contributed by atoms with van der Waals surface area (Å²) >= 11 is 0. The SMILES string of the molecule is CCO[C@@H](c1ccc([C@@H](CC)CC(=O)O)cc1Nc1cnc(COC)nc1)C(F)(F)F.S.S. The Hall–Kier alpha value is -2.02. The van der Waals surface area contributed by atoms with Crippen LogP contribution in [-0.4, -0.2) is 40.9 Å². The number of nitrogens with one attached hydrogen (secondary N) is 1. The Labute approximate surface area is 205 Å². The lowest BCUT2D eigenvalue weighted by Crippen LogP contribution is -2.24. The molecule has 0 aliphatic heterocycles. The summed E-state index contributed by atoms with van der Waals surface area (Å²) in [5, 5.41) is 12.1. The number of benzene rings is 1. The van der Waals surface area contributed by atoms with E-state index in [1.54, 1.807) is 0 Å². The number of anilines is 2. The van der Waals surface area contributed by atoms with E-state index in [-0.39, 0.29) is 63.8 Å². The Morgan fingerprint density at radius 2 is 1.82 bits per heavy atom. The van der Waals surface area contributed by atoms with Crippen LogP contribution in [0.1, 0.15) is 55.7 Å².